The van der Waals surface area contributed by atoms with Gasteiger partial charge in [-0.3, -0.25) is 19.2 Å². The summed E-state index contributed by atoms with van der Waals surface area (Å²) in [4.78, 5) is 47.7. The van der Waals surface area contributed by atoms with Crippen molar-refractivity contribution in [2.24, 2.45) is 5.41 Å². The van der Waals surface area contributed by atoms with Crippen molar-refractivity contribution in [1.29, 1.82) is 0 Å². The Labute approximate surface area is 241 Å². The average molecular weight is 665 g/mol. The van der Waals surface area contributed by atoms with Crippen molar-refractivity contribution in [3.8, 4) is 0 Å². The van der Waals surface area contributed by atoms with Crippen molar-refractivity contribution < 1.29 is 71.8 Å². The van der Waals surface area contributed by atoms with E-state index in [9.17, 15) is 52.8 Å². The van der Waals surface area contributed by atoms with Gasteiger partial charge in [-0.1, -0.05) is 0 Å². The van der Waals surface area contributed by atoms with Gasteiger partial charge in [-0.2, -0.15) is 33.7 Å². The van der Waals surface area contributed by atoms with Gasteiger partial charge in [0.2, 0.25) is 41.2 Å². The van der Waals surface area contributed by atoms with Crippen LogP contribution in [0.3, 0.4) is 0 Å². The molecule has 0 aliphatic rings. The Morgan fingerprint density at radius 2 is 0.585 bits per heavy atom. The number of hydrogen-bond donors (Lipinski definition) is 0. The second kappa shape index (κ2) is 18.1. The van der Waals surface area contributed by atoms with Gasteiger partial charge in [-0.25, -0.2) is 0 Å². The molecule has 0 N–H and O–H groups in total. The maximum absolute atomic E-state index is 12.2. The summed E-state index contributed by atoms with van der Waals surface area (Å²) in [5.74, 6) is -4.38. The molecule has 0 aromatic carbocycles. The lowest BCUT2D eigenvalue weighted by Gasteiger charge is -2.31. The number of carbonyl (C=O) groups is 4. The molecule has 0 amide bonds. The summed E-state index contributed by atoms with van der Waals surface area (Å²) >= 11 is 0. The summed E-state index contributed by atoms with van der Waals surface area (Å²) in [7, 11) is -10.9. The topological polar surface area (TPSA) is 242 Å². The maximum atomic E-state index is 12.2. The van der Waals surface area contributed by atoms with Crippen LogP contribution in [0.1, 0.15) is 53.4 Å². The van der Waals surface area contributed by atoms with Crippen LogP contribution >= 0.6 is 0 Å². The van der Waals surface area contributed by atoms with Crippen LogP contribution in [0.2, 0.25) is 0 Å². The minimum absolute atomic E-state index is 0.297. The number of esters is 4. The van der Waals surface area contributed by atoms with Crippen LogP contribution in [-0.2, 0) is 79.3 Å². The first kappa shape index (κ1) is 37.6. The normalized spacial score (nSPS) is 10.4. The lowest BCUT2D eigenvalue weighted by Crippen LogP contribution is -2.44. The van der Waals surface area contributed by atoms with Gasteiger partial charge in [-0.05, 0) is 27.7 Å². The minimum Gasteiger partial charge on any atom is -0.464 e. The average Bonchev–Trinajstić information content (AvgIpc) is 2.87. The highest BCUT2D eigenvalue weighted by molar-refractivity contribution is 7.73. The van der Waals surface area contributed by atoms with E-state index in [1.54, 1.807) is 0 Å². The van der Waals surface area contributed by atoms with Gasteiger partial charge in [0.1, 0.15) is 31.8 Å². The van der Waals surface area contributed by atoms with E-state index in [1.165, 1.54) is 0 Å². The molecule has 0 fully saturated rings. The molecule has 0 atom stereocenters. The SMILES string of the molecule is CC(CC(=O)OCC(COC(=O)CC(C)=S(=O)=O)(COC(=O)CC(C)=S(=O)=O)COC(=O)CC(C)=S(=O)=O)=S(=O)=O. The van der Waals surface area contributed by atoms with E-state index in [2.05, 4.69) is 0 Å². The van der Waals surface area contributed by atoms with Gasteiger partial charge in [-0.15, -0.1) is 0 Å². The summed E-state index contributed by atoms with van der Waals surface area (Å²) in [5, 5.41) is 0. The molecule has 0 aliphatic carbocycles. The van der Waals surface area contributed by atoms with Crippen molar-refractivity contribution in [3.63, 3.8) is 0 Å². The molecule has 0 unspecified atom stereocenters. The van der Waals surface area contributed by atoms with E-state index in [-0.39, 0.29) is 19.5 Å². The Morgan fingerprint density at radius 1 is 0.415 bits per heavy atom. The first-order valence-electron chi connectivity index (χ1n) is 11.2. The van der Waals surface area contributed by atoms with E-state index in [0.717, 1.165) is 27.7 Å². The van der Waals surface area contributed by atoms with Crippen LogP contribution in [0.4, 0.5) is 0 Å². The smallest absolute Gasteiger partial charge is 0.310 e. The quantitative estimate of drug-likeness (QED) is 0.0983. The van der Waals surface area contributed by atoms with Crippen LogP contribution in [-0.4, -0.2) is 103 Å². The van der Waals surface area contributed by atoms with Crippen molar-refractivity contribution in [2.75, 3.05) is 26.4 Å². The number of carbonyl (C=O) groups excluding carboxylic acids is 4. The molecule has 16 nitrogen and oxygen atoms in total. The molecular weight excluding hydrogens is 636 g/mol. The van der Waals surface area contributed by atoms with Gasteiger partial charge in [0.15, 0.2) is 0 Å². The Morgan fingerprint density at radius 3 is 0.732 bits per heavy atom. The van der Waals surface area contributed by atoms with Crippen LogP contribution < -0.4 is 0 Å². The lowest BCUT2D eigenvalue weighted by molar-refractivity contribution is -0.169. The van der Waals surface area contributed by atoms with Gasteiger partial charge >= 0.3 is 23.9 Å². The lowest BCUT2D eigenvalue weighted by atomic mass is 9.92. The highest BCUT2D eigenvalue weighted by Gasteiger charge is 2.38. The molecule has 0 bridgehead atoms. The third kappa shape index (κ3) is 15.9. The predicted molar refractivity (Wildman–Crippen MR) is 143 cm³/mol. The summed E-state index contributed by atoms with van der Waals surface area (Å²) in [6.07, 6.45) is -2.77. The van der Waals surface area contributed by atoms with E-state index in [1.807, 2.05) is 0 Å². The van der Waals surface area contributed by atoms with Crippen LogP contribution in [0, 0.1) is 5.41 Å². The van der Waals surface area contributed by atoms with Gasteiger partial charge < -0.3 is 18.9 Å². The second-order valence-electron chi connectivity index (χ2n) is 8.60. The summed E-state index contributed by atoms with van der Waals surface area (Å²) in [5.41, 5.74) is -1.89. The number of ether oxygens (including phenoxy) is 4. The zero-order chi connectivity index (χ0) is 31.9. The molecule has 232 valence electrons. The molecule has 0 rings (SSSR count). The first-order chi connectivity index (χ1) is 18.9. The van der Waals surface area contributed by atoms with Crippen molar-refractivity contribution >= 4 is 84.5 Å². The molecule has 20 heteroatoms. The number of rotatable bonds is 16. The molecule has 0 aliphatic heterocycles. The van der Waals surface area contributed by atoms with Crippen molar-refractivity contribution in [3.05, 3.63) is 0 Å². The van der Waals surface area contributed by atoms with E-state index < -0.39 is 123 Å². The highest BCUT2D eigenvalue weighted by atomic mass is 32.2. The highest BCUT2D eigenvalue weighted by Crippen LogP contribution is 2.22. The Balaban J connectivity index is 6.28. The Bertz CT molecular complexity index is 1330. The van der Waals surface area contributed by atoms with Crippen LogP contribution in [0.25, 0.3) is 0 Å². The van der Waals surface area contributed by atoms with Gasteiger partial charge in [0.25, 0.3) is 0 Å². The molecule has 0 radical (unpaired) electrons. The minimum atomic E-state index is -2.71. The molecule has 0 spiro atoms. The molecule has 0 saturated heterocycles. The third-order valence-corrected chi connectivity index (χ3v) is 7.72. The fourth-order valence-electron chi connectivity index (χ4n) is 2.44. The summed E-state index contributed by atoms with van der Waals surface area (Å²) < 4.78 is 108. The molecular formula is C21H28O16S4. The van der Waals surface area contributed by atoms with Crippen LogP contribution in [0.15, 0.2) is 0 Å². The zero-order valence-corrected chi connectivity index (χ0v) is 25.6. The summed E-state index contributed by atoms with van der Waals surface area (Å²) in [6, 6.07) is 0. The fraction of sp³-hybridized carbons (Fsp3) is 0.619. The van der Waals surface area contributed by atoms with Crippen molar-refractivity contribution in [2.45, 2.75) is 53.4 Å². The van der Waals surface area contributed by atoms with Gasteiger partial charge in [0.05, 0.1) is 45.1 Å². The van der Waals surface area contributed by atoms with E-state index in [4.69, 9.17) is 18.9 Å². The van der Waals surface area contributed by atoms with Crippen molar-refractivity contribution in [1.82, 2.24) is 0 Å². The molecule has 0 heterocycles. The fourth-order valence-corrected chi connectivity index (χ4v) is 3.38. The molecule has 0 aromatic rings. The molecule has 0 aromatic heterocycles. The zero-order valence-electron chi connectivity index (χ0n) is 22.3. The van der Waals surface area contributed by atoms with Crippen LogP contribution in [0.5, 0.6) is 0 Å². The van der Waals surface area contributed by atoms with Gasteiger partial charge in [0, 0.05) is 0 Å². The maximum Gasteiger partial charge on any atom is 0.310 e. The van der Waals surface area contributed by atoms with E-state index >= 15 is 0 Å². The molecule has 0 saturated carbocycles. The van der Waals surface area contributed by atoms with E-state index in [0.29, 0.717) is 0 Å². The summed E-state index contributed by atoms with van der Waals surface area (Å²) in [6.45, 7) is 1.22. The first-order valence-corrected chi connectivity index (χ1v) is 15.5. The Hall–Kier alpha value is -3.36. The second-order valence-corrected chi connectivity index (χ2v) is 13.3. The standard InChI is InChI=1S/C21H28O16S4/c1-13(38(26)27)5-17(22)34-9-21(10-35-18(23)6-14(2)39(28)29,11-36-19(24)7-15(3)40(30)31)12-37-20(25)8-16(4)41(32)33/h5-12H2,1-4H3. The monoisotopic (exact) mass is 664 g/mol. The molecule has 41 heavy (non-hydrogen) atoms. The number of hydrogen-bond acceptors (Lipinski definition) is 16. The largest absolute Gasteiger partial charge is 0.464 e. The Kier molecular flexibility index (Phi) is 16.7. The predicted octanol–water partition coefficient (Wildman–Crippen LogP) is -2.01. The third-order valence-electron chi connectivity index (χ3n) is 4.87.